The van der Waals surface area contributed by atoms with Gasteiger partial charge >= 0.3 is 0 Å². The fourth-order valence-corrected chi connectivity index (χ4v) is 3.28. The van der Waals surface area contributed by atoms with Crippen molar-refractivity contribution in [3.63, 3.8) is 0 Å². The standard InChI is InChI=1S/C15H11Br2FO3/c16-11-6-10(18)2-1-8(11)4-13(19)9-3-12(17)15-14(5-9)20-7-21-15/h1-3,5-6,13,19H,4,7H2. The van der Waals surface area contributed by atoms with E-state index in [0.29, 0.717) is 28.0 Å². The van der Waals surface area contributed by atoms with Crippen molar-refractivity contribution in [1.82, 2.24) is 0 Å². The van der Waals surface area contributed by atoms with Crippen LogP contribution in [0.15, 0.2) is 39.3 Å². The minimum atomic E-state index is -0.724. The zero-order valence-corrected chi connectivity index (χ0v) is 13.9. The first-order valence-electron chi connectivity index (χ1n) is 6.25. The van der Waals surface area contributed by atoms with Gasteiger partial charge in [-0.05, 0) is 51.3 Å². The Hall–Kier alpha value is -1.11. The predicted molar refractivity (Wildman–Crippen MR) is 83.0 cm³/mol. The molecule has 0 aromatic heterocycles. The van der Waals surface area contributed by atoms with Crippen molar-refractivity contribution in [3.05, 3.63) is 56.2 Å². The molecule has 1 heterocycles. The van der Waals surface area contributed by atoms with Crippen LogP contribution in [0.1, 0.15) is 17.2 Å². The maximum Gasteiger partial charge on any atom is 0.231 e. The van der Waals surface area contributed by atoms with Gasteiger partial charge in [0.05, 0.1) is 10.6 Å². The van der Waals surface area contributed by atoms with Gasteiger partial charge in [0.1, 0.15) is 5.82 Å². The molecule has 0 saturated carbocycles. The van der Waals surface area contributed by atoms with E-state index >= 15 is 0 Å². The number of hydrogen-bond acceptors (Lipinski definition) is 3. The highest BCUT2D eigenvalue weighted by Gasteiger charge is 2.21. The van der Waals surface area contributed by atoms with Gasteiger partial charge in [-0.25, -0.2) is 4.39 Å². The van der Waals surface area contributed by atoms with E-state index in [0.717, 1.165) is 10.0 Å². The third-order valence-corrected chi connectivity index (χ3v) is 4.59. The Morgan fingerprint density at radius 2 is 1.95 bits per heavy atom. The summed E-state index contributed by atoms with van der Waals surface area (Å²) in [5.74, 6) is 0.941. The summed E-state index contributed by atoms with van der Waals surface area (Å²) in [5.41, 5.74) is 1.54. The van der Waals surface area contributed by atoms with Gasteiger partial charge in [0.15, 0.2) is 11.5 Å². The molecule has 21 heavy (non-hydrogen) atoms. The minimum Gasteiger partial charge on any atom is -0.454 e. The molecule has 3 nitrogen and oxygen atoms in total. The van der Waals surface area contributed by atoms with Crippen LogP contribution >= 0.6 is 31.9 Å². The highest BCUT2D eigenvalue weighted by Crippen LogP contribution is 2.41. The number of hydrogen-bond donors (Lipinski definition) is 1. The zero-order chi connectivity index (χ0) is 15.0. The molecule has 2 aromatic rings. The van der Waals surface area contributed by atoms with E-state index in [4.69, 9.17) is 9.47 Å². The summed E-state index contributed by atoms with van der Waals surface area (Å²) in [6, 6.07) is 7.98. The van der Waals surface area contributed by atoms with Crippen LogP contribution in [0.4, 0.5) is 4.39 Å². The molecule has 0 saturated heterocycles. The lowest BCUT2D eigenvalue weighted by Gasteiger charge is -2.14. The molecule has 1 aliphatic heterocycles. The van der Waals surface area contributed by atoms with Gasteiger partial charge in [0, 0.05) is 10.9 Å². The Morgan fingerprint density at radius 1 is 1.14 bits per heavy atom. The van der Waals surface area contributed by atoms with E-state index in [1.807, 2.05) is 0 Å². The summed E-state index contributed by atoms with van der Waals surface area (Å²) in [5, 5.41) is 10.4. The average Bonchev–Trinajstić information content (AvgIpc) is 2.90. The minimum absolute atomic E-state index is 0.178. The second-order valence-corrected chi connectivity index (χ2v) is 6.40. The molecule has 0 aliphatic carbocycles. The molecule has 0 amide bonds. The average molecular weight is 418 g/mol. The van der Waals surface area contributed by atoms with Crippen molar-refractivity contribution in [2.45, 2.75) is 12.5 Å². The SMILES string of the molecule is OC(Cc1ccc(F)cc1Br)c1cc(Br)c2c(c1)OCO2. The highest BCUT2D eigenvalue weighted by atomic mass is 79.9. The smallest absolute Gasteiger partial charge is 0.231 e. The lowest BCUT2D eigenvalue weighted by molar-refractivity contribution is 0.171. The molecule has 1 atom stereocenters. The molecule has 1 N–H and O–H groups in total. The highest BCUT2D eigenvalue weighted by molar-refractivity contribution is 9.10. The number of ether oxygens (including phenoxy) is 2. The molecule has 0 radical (unpaired) electrons. The molecule has 1 unspecified atom stereocenters. The van der Waals surface area contributed by atoms with Gasteiger partial charge < -0.3 is 14.6 Å². The number of fused-ring (bicyclic) bond motifs is 1. The summed E-state index contributed by atoms with van der Waals surface area (Å²) in [6.07, 6.45) is -0.356. The summed E-state index contributed by atoms with van der Waals surface area (Å²) in [6.45, 7) is 0.178. The van der Waals surface area contributed by atoms with E-state index in [-0.39, 0.29) is 12.6 Å². The number of aliphatic hydroxyl groups excluding tert-OH is 1. The summed E-state index contributed by atoms with van der Waals surface area (Å²) >= 11 is 6.71. The van der Waals surface area contributed by atoms with Gasteiger partial charge in [-0.2, -0.15) is 0 Å². The first-order valence-corrected chi connectivity index (χ1v) is 7.84. The predicted octanol–water partition coefficient (Wildman–Crippen LogP) is 4.36. The number of benzene rings is 2. The van der Waals surface area contributed by atoms with Crippen molar-refractivity contribution >= 4 is 31.9 Å². The van der Waals surface area contributed by atoms with Gasteiger partial charge in [-0.15, -0.1) is 0 Å². The Labute approximate surface area is 137 Å². The molecule has 3 rings (SSSR count). The first kappa shape index (κ1) is 14.8. The molecule has 6 heteroatoms. The van der Waals surface area contributed by atoms with Crippen molar-refractivity contribution in [3.8, 4) is 11.5 Å². The largest absolute Gasteiger partial charge is 0.454 e. The van der Waals surface area contributed by atoms with E-state index in [2.05, 4.69) is 31.9 Å². The van der Waals surface area contributed by atoms with Crippen LogP contribution in [0, 0.1) is 5.82 Å². The molecular formula is C15H11Br2FO3. The van der Waals surface area contributed by atoms with Crippen molar-refractivity contribution in [2.75, 3.05) is 6.79 Å². The Kier molecular flexibility index (Phi) is 4.19. The van der Waals surface area contributed by atoms with Crippen LogP contribution in [-0.2, 0) is 6.42 Å². The Bertz CT molecular complexity index is 691. The number of halogens is 3. The Balaban J connectivity index is 1.85. The summed E-state index contributed by atoms with van der Waals surface area (Å²) in [4.78, 5) is 0. The topological polar surface area (TPSA) is 38.7 Å². The van der Waals surface area contributed by atoms with Crippen LogP contribution in [-0.4, -0.2) is 11.9 Å². The molecule has 1 aliphatic rings. The van der Waals surface area contributed by atoms with Crippen LogP contribution in [0.2, 0.25) is 0 Å². The van der Waals surface area contributed by atoms with Gasteiger partial charge in [-0.3, -0.25) is 0 Å². The van der Waals surface area contributed by atoms with Crippen LogP contribution in [0.5, 0.6) is 11.5 Å². The molecule has 0 fully saturated rings. The van der Waals surface area contributed by atoms with Crippen molar-refractivity contribution in [2.24, 2.45) is 0 Å². The molecule has 110 valence electrons. The van der Waals surface area contributed by atoms with Crippen molar-refractivity contribution < 1.29 is 19.0 Å². The first-order chi connectivity index (χ1) is 10.0. The van der Waals surface area contributed by atoms with Crippen LogP contribution in [0.25, 0.3) is 0 Å². The summed E-state index contributed by atoms with van der Waals surface area (Å²) in [7, 11) is 0. The van der Waals surface area contributed by atoms with E-state index in [1.165, 1.54) is 12.1 Å². The lowest BCUT2D eigenvalue weighted by Crippen LogP contribution is -2.03. The third-order valence-electron chi connectivity index (χ3n) is 3.26. The van der Waals surface area contributed by atoms with Gasteiger partial charge in [0.25, 0.3) is 0 Å². The zero-order valence-electron chi connectivity index (χ0n) is 10.8. The normalized spacial score (nSPS) is 14.3. The van der Waals surface area contributed by atoms with Crippen molar-refractivity contribution in [1.29, 1.82) is 0 Å². The fraction of sp³-hybridized carbons (Fsp3) is 0.200. The molecular weight excluding hydrogens is 407 g/mol. The lowest BCUT2D eigenvalue weighted by atomic mass is 10.0. The quantitative estimate of drug-likeness (QED) is 0.806. The van der Waals surface area contributed by atoms with Crippen LogP contribution < -0.4 is 9.47 Å². The van der Waals surface area contributed by atoms with E-state index in [1.54, 1.807) is 18.2 Å². The second-order valence-electron chi connectivity index (χ2n) is 4.69. The Morgan fingerprint density at radius 3 is 2.71 bits per heavy atom. The maximum absolute atomic E-state index is 13.1. The van der Waals surface area contributed by atoms with Gasteiger partial charge in [0.2, 0.25) is 6.79 Å². The summed E-state index contributed by atoms with van der Waals surface area (Å²) < 4.78 is 25.1. The maximum atomic E-state index is 13.1. The van der Waals surface area contributed by atoms with E-state index < -0.39 is 6.10 Å². The molecule has 0 bridgehead atoms. The monoisotopic (exact) mass is 416 g/mol. The fourth-order valence-electron chi connectivity index (χ4n) is 2.19. The number of rotatable bonds is 3. The number of aliphatic hydroxyl groups is 1. The van der Waals surface area contributed by atoms with E-state index in [9.17, 15) is 9.50 Å². The third kappa shape index (κ3) is 3.07. The second kappa shape index (κ2) is 5.94. The molecule has 2 aromatic carbocycles. The van der Waals surface area contributed by atoms with Gasteiger partial charge in [-0.1, -0.05) is 22.0 Å². The van der Waals surface area contributed by atoms with Crippen LogP contribution in [0.3, 0.4) is 0 Å². The molecule has 0 spiro atoms.